The van der Waals surface area contributed by atoms with Crippen LogP contribution in [0.2, 0.25) is 0 Å². The first-order valence-corrected chi connectivity index (χ1v) is 7.58. The lowest BCUT2D eigenvalue weighted by atomic mass is 10.1. The number of aromatic nitrogens is 4. The fourth-order valence-corrected chi connectivity index (χ4v) is 2.64. The third-order valence-corrected chi connectivity index (χ3v) is 3.79. The van der Waals surface area contributed by atoms with E-state index in [9.17, 15) is 4.79 Å². The van der Waals surface area contributed by atoms with Gasteiger partial charge < -0.3 is 0 Å². The molecule has 0 bridgehead atoms. The van der Waals surface area contributed by atoms with Crippen LogP contribution in [-0.4, -0.2) is 20.0 Å². The van der Waals surface area contributed by atoms with E-state index >= 15 is 0 Å². The Morgan fingerprint density at radius 1 is 0.875 bits per heavy atom. The molecular formula is C19H14N4O. The van der Waals surface area contributed by atoms with Gasteiger partial charge in [0.25, 0.3) is 5.56 Å². The van der Waals surface area contributed by atoms with Crippen LogP contribution in [0.15, 0.2) is 83.8 Å². The lowest BCUT2D eigenvalue weighted by Crippen LogP contribution is -2.13. The zero-order valence-electron chi connectivity index (χ0n) is 12.8. The number of hydrogen-bond acceptors (Lipinski definition) is 3. The van der Waals surface area contributed by atoms with Gasteiger partial charge in [0.05, 0.1) is 28.8 Å². The highest BCUT2D eigenvalue weighted by atomic mass is 16.1. The molecule has 5 nitrogen and oxygen atoms in total. The molecule has 0 saturated carbocycles. The van der Waals surface area contributed by atoms with Gasteiger partial charge >= 0.3 is 0 Å². The van der Waals surface area contributed by atoms with Gasteiger partial charge in [-0.15, -0.1) is 0 Å². The van der Waals surface area contributed by atoms with E-state index in [4.69, 9.17) is 0 Å². The van der Waals surface area contributed by atoms with Gasteiger partial charge in [-0.2, -0.15) is 10.2 Å². The van der Waals surface area contributed by atoms with Gasteiger partial charge in [-0.1, -0.05) is 48.5 Å². The van der Waals surface area contributed by atoms with Crippen LogP contribution in [-0.2, 0) is 0 Å². The molecule has 116 valence electrons. The molecule has 0 atom stereocenters. The molecule has 0 amide bonds. The predicted molar refractivity (Wildman–Crippen MR) is 92.9 cm³/mol. The number of hydrogen-bond donors (Lipinski definition) is 1. The number of nitrogens with one attached hydrogen (secondary N) is 1. The van der Waals surface area contributed by atoms with Crippen molar-refractivity contribution in [1.29, 1.82) is 0 Å². The average molecular weight is 314 g/mol. The van der Waals surface area contributed by atoms with Crippen molar-refractivity contribution in [3.05, 3.63) is 89.3 Å². The van der Waals surface area contributed by atoms with Crippen LogP contribution in [0.5, 0.6) is 0 Å². The zero-order valence-corrected chi connectivity index (χ0v) is 12.8. The summed E-state index contributed by atoms with van der Waals surface area (Å²) in [7, 11) is 0. The van der Waals surface area contributed by atoms with Gasteiger partial charge in [-0.3, -0.25) is 4.79 Å². The Labute approximate surface area is 138 Å². The maximum absolute atomic E-state index is 12.3. The molecule has 0 aliphatic heterocycles. The first kappa shape index (κ1) is 14.1. The molecular weight excluding hydrogens is 300 g/mol. The van der Waals surface area contributed by atoms with Crippen molar-refractivity contribution < 1.29 is 0 Å². The van der Waals surface area contributed by atoms with Crippen molar-refractivity contribution in [3.8, 4) is 28.2 Å². The summed E-state index contributed by atoms with van der Waals surface area (Å²) in [5.74, 6) is 0. The van der Waals surface area contributed by atoms with Crippen LogP contribution in [0.4, 0.5) is 0 Å². The SMILES string of the molecule is O=c1[nH]nc(-c2ccccc2)cc1-c1ccnn1-c1ccccc1. The number of H-pyrrole nitrogens is 1. The van der Waals surface area contributed by atoms with Crippen molar-refractivity contribution in [2.75, 3.05) is 0 Å². The summed E-state index contributed by atoms with van der Waals surface area (Å²) in [6.07, 6.45) is 1.68. The van der Waals surface area contributed by atoms with Gasteiger partial charge in [0, 0.05) is 5.56 Å². The lowest BCUT2D eigenvalue weighted by Gasteiger charge is -2.08. The first-order valence-electron chi connectivity index (χ1n) is 7.58. The summed E-state index contributed by atoms with van der Waals surface area (Å²) in [6.45, 7) is 0. The minimum Gasteiger partial charge on any atom is -0.267 e. The third-order valence-electron chi connectivity index (χ3n) is 3.79. The molecule has 4 rings (SSSR count). The number of para-hydroxylation sites is 1. The molecule has 0 fully saturated rings. The molecule has 2 heterocycles. The second-order valence-corrected chi connectivity index (χ2v) is 5.33. The van der Waals surface area contributed by atoms with Crippen LogP contribution in [0.3, 0.4) is 0 Å². The molecule has 0 aliphatic rings. The van der Waals surface area contributed by atoms with Crippen LogP contribution in [0.1, 0.15) is 0 Å². The summed E-state index contributed by atoms with van der Waals surface area (Å²) in [5, 5.41) is 11.1. The second kappa shape index (κ2) is 5.96. The van der Waals surface area contributed by atoms with Crippen molar-refractivity contribution in [3.63, 3.8) is 0 Å². The summed E-state index contributed by atoms with van der Waals surface area (Å²) in [4.78, 5) is 12.3. The molecule has 0 saturated heterocycles. The molecule has 24 heavy (non-hydrogen) atoms. The molecule has 5 heteroatoms. The van der Waals surface area contributed by atoms with Crippen LogP contribution in [0.25, 0.3) is 28.2 Å². The molecule has 2 aromatic carbocycles. The van der Waals surface area contributed by atoms with E-state index in [1.54, 1.807) is 16.9 Å². The highest BCUT2D eigenvalue weighted by Gasteiger charge is 2.13. The zero-order chi connectivity index (χ0) is 16.4. The summed E-state index contributed by atoms with van der Waals surface area (Å²) < 4.78 is 1.75. The Bertz CT molecular complexity index is 1020. The Hall–Kier alpha value is -3.47. The Morgan fingerprint density at radius 3 is 2.33 bits per heavy atom. The first-order chi connectivity index (χ1) is 11.8. The van der Waals surface area contributed by atoms with Crippen molar-refractivity contribution in [1.82, 2.24) is 20.0 Å². The predicted octanol–water partition coefficient (Wildman–Crippen LogP) is 3.29. The van der Waals surface area contributed by atoms with E-state index < -0.39 is 0 Å². The summed E-state index contributed by atoms with van der Waals surface area (Å²) >= 11 is 0. The van der Waals surface area contributed by atoms with Crippen molar-refractivity contribution in [2.24, 2.45) is 0 Å². The van der Waals surface area contributed by atoms with Gasteiger partial charge in [0.1, 0.15) is 0 Å². The minimum atomic E-state index is -0.243. The van der Waals surface area contributed by atoms with E-state index in [1.807, 2.05) is 66.7 Å². The number of rotatable bonds is 3. The molecule has 0 spiro atoms. The van der Waals surface area contributed by atoms with Crippen LogP contribution < -0.4 is 5.56 Å². The average Bonchev–Trinajstić information content (AvgIpc) is 3.13. The number of nitrogens with zero attached hydrogens (tertiary/aromatic N) is 3. The number of aromatic amines is 1. The maximum Gasteiger partial charge on any atom is 0.273 e. The molecule has 1 N–H and O–H groups in total. The van der Waals surface area contributed by atoms with Crippen LogP contribution in [0, 0.1) is 0 Å². The monoisotopic (exact) mass is 314 g/mol. The minimum absolute atomic E-state index is 0.243. The Kier molecular flexibility index (Phi) is 3.51. The summed E-state index contributed by atoms with van der Waals surface area (Å²) in [5.41, 5.74) is 3.57. The van der Waals surface area contributed by atoms with Gasteiger partial charge in [-0.05, 0) is 24.3 Å². The fraction of sp³-hybridized carbons (Fsp3) is 0. The molecule has 2 aromatic heterocycles. The largest absolute Gasteiger partial charge is 0.273 e. The fourth-order valence-electron chi connectivity index (χ4n) is 2.64. The quantitative estimate of drug-likeness (QED) is 0.631. The van der Waals surface area contributed by atoms with E-state index in [1.165, 1.54) is 0 Å². The topological polar surface area (TPSA) is 63.6 Å². The lowest BCUT2D eigenvalue weighted by molar-refractivity contribution is 0.882. The normalized spacial score (nSPS) is 10.7. The Balaban J connectivity index is 1.87. The molecule has 0 aliphatic carbocycles. The van der Waals surface area contributed by atoms with Gasteiger partial charge in [0.2, 0.25) is 0 Å². The van der Waals surface area contributed by atoms with E-state index in [-0.39, 0.29) is 5.56 Å². The van der Waals surface area contributed by atoms with E-state index in [2.05, 4.69) is 15.3 Å². The van der Waals surface area contributed by atoms with Gasteiger partial charge in [-0.25, -0.2) is 9.78 Å². The smallest absolute Gasteiger partial charge is 0.267 e. The second-order valence-electron chi connectivity index (χ2n) is 5.33. The molecule has 0 radical (unpaired) electrons. The van der Waals surface area contributed by atoms with E-state index in [0.717, 1.165) is 16.9 Å². The highest BCUT2D eigenvalue weighted by molar-refractivity contribution is 5.68. The van der Waals surface area contributed by atoms with Crippen LogP contribution >= 0.6 is 0 Å². The highest BCUT2D eigenvalue weighted by Crippen LogP contribution is 2.23. The standard InChI is InChI=1S/C19H14N4O/c24-19-16(13-17(21-22-19)14-7-3-1-4-8-14)18-11-12-20-23(18)15-9-5-2-6-10-15/h1-13H,(H,22,24). The Morgan fingerprint density at radius 2 is 1.58 bits per heavy atom. The van der Waals surface area contributed by atoms with Crippen molar-refractivity contribution in [2.45, 2.75) is 0 Å². The van der Waals surface area contributed by atoms with Crippen molar-refractivity contribution >= 4 is 0 Å². The third kappa shape index (κ3) is 2.52. The summed E-state index contributed by atoms with van der Waals surface area (Å²) in [6, 6.07) is 23.1. The number of benzene rings is 2. The molecule has 0 unspecified atom stereocenters. The molecule has 4 aromatic rings. The van der Waals surface area contributed by atoms with Gasteiger partial charge in [0.15, 0.2) is 0 Å². The van der Waals surface area contributed by atoms with E-state index in [0.29, 0.717) is 11.3 Å². The maximum atomic E-state index is 12.3.